The average Bonchev–Trinajstić information content (AvgIpc) is 3.33. The molecule has 0 N–H and O–H groups in total. The van der Waals surface area contributed by atoms with Crippen LogP contribution in [-0.2, 0) is 6.54 Å². The van der Waals surface area contributed by atoms with Crippen molar-refractivity contribution < 1.29 is 9.13 Å². The second-order valence-electron chi connectivity index (χ2n) is 6.55. The molecule has 0 fully saturated rings. The summed E-state index contributed by atoms with van der Waals surface area (Å²) in [5, 5.41) is 8.59. The van der Waals surface area contributed by atoms with Gasteiger partial charge in [0.15, 0.2) is 11.6 Å². The van der Waals surface area contributed by atoms with Gasteiger partial charge < -0.3 is 4.74 Å². The second kappa shape index (κ2) is 7.90. The lowest BCUT2D eigenvalue weighted by atomic mass is 10.2. The molecule has 0 aliphatic carbocycles. The molecule has 28 heavy (non-hydrogen) atoms. The lowest BCUT2D eigenvalue weighted by Gasteiger charge is -2.08. The highest BCUT2D eigenvalue weighted by molar-refractivity contribution is 7.08. The van der Waals surface area contributed by atoms with E-state index in [4.69, 9.17) is 4.74 Å². The molecule has 7 heteroatoms. The Morgan fingerprint density at radius 1 is 1.07 bits per heavy atom. The predicted octanol–water partition coefficient (Wildman–Crippen LogP) is 5.04. The molecule has 5 nitrogen and oxygen atoms in total. The topological polar surface area (TPSA) is 52.8 Å². The van der Waals surface area contributed by atoms with Gasteiger partial charge >= 0.3 is 0 Å². The van der Waals surface area contributed by atoms with Crippen LogP contribution < -0.4 is 4.74 Å². The van der Waals surface area contributed by atoms with Gasteiger partial charge in [-0.15, -0.1) is 5.10 Å². The van der Waals surface area contributed by atoms with Gasteiger partial charge in [-0.25, -0.2) is 19.0 Å². The zero-order valence-corrected chi connectivity index (χ0v) is 16.4. The van der Waals surface area contributed by atoms with Gasteiger partial charge in [-0.05, 0) is 37.4 Å². The van der Waals surface area contributed by atoms with E-state index >= 15 is 0 Å². The number of halogens is 1. The average molecular weight is 394 g/mol. The summed E-state index contributed by atoms with van der Waals surface area (Å²) in [6.07, 6.45) is 0.0238. The minimum atomic E-state index is -0.263. The van der Waals surface area contributed by atoms with E-state index < -0.39 is 0 Å². The van der Waals surface area contributed by atoms with Crippen molar-refractivity contribution in [2.45, 2.75) is 26.5 Å². The molecule has 0 bridgehead atoms. The van der Waals surface area contributed by atoms with Crippen molar-refractivity contribution in [1.82, 2.24) is 19.7 Å². The Bertz CT molecular complexity index is 1080. The smallest absolute Gasteiger partial charge is 0.214 e. The van der Waals surface area contributed by atoms with Gasteiger partial charge in [0.1, 0.15) is 11.5 Å². The zero-order chi connectivity index (χ0) is 19.5. The van der Waals surface area contributed by atoms with Crippen LogP contribution in [0.1, 0.15) is 19.4 Å². The molecule has 0 unspecified atom stereocenters. The summed E-state index contributed by atoms with van der Waals surface area (Å²) in [7, 11) is 0. The molecule has 0 amide bonds. The lowest BCUT2D eigenvalue weighted by molar-refractivity contribution is 0.233. The van der Waals surface area contributed by atoms with Crippen LogP contribution >= 0.6 is 11.3 Å². The van der Waals surface area contributed by atoms with Crippen molar-refractivity contribution in [3.63, 3.8) is 0 Å². The van der Waals surface area contributed by atoms with Crippen molar-refractivity contribution in [2.24, 2.45) is 0 Å². The normalized spacial score (nSPS) is 11.1. The van der Waals surface area contributed by atoms with Crippen molar-refractivity contribution >= 4 is 11.3 Å². The number of benzene rings is 1. The Balaban J connectivity index is 1.75. The Hall–Kier alpha value is -3.06. The van der Waals surface area contributed by atoms with Crippen LogP contribution in [0.25, 0.3) is 22.9 Å². The Labute approximate surface area is 166 Å². The number of thiophene rings is 1. The third-order valence-corrected chi connectivity index (χ3v) is 4.72. The first kappa shape index (κ1) is 18.3. The fourth-order valence-corrected chi connectivity index (χ4v) is 3.43. The highest BCUT2D eigenvalue weighted by Crippen LogP contribution is 2.25. The predicted molar refractivity (Wildman–Crippen MR) is 108 cm³/mol. The first-order valence-corrected chi connectivity index (χ1v) is 9.89. The molecule has 0 radical (unpaired) electrons. The molecule has 0 atom stereocenters. The fraction of sp³-hybridized carbons (Fsp3) is 0.190. The van der Waals surface area contributed by atoms with E-state index in [0.29, 0.717) is 28.8 Å². The summed E-state index contributed by atoms with van der Waals surface area (Å²) in [4.78, 5) is 9.20. The van der Waals surface area contributed by atoms with E-state index in [-0.39, 0.29) is 18.5 Å². The van der Waals surface area contributed by atoms with Crippen molar-refractivity contribution in [1.29, 1.82) is 0 Å². The van der Waals surface area contributed by atoms with Crippen LogP contribution in [0.2, 0.25) is 0 Å². The molecule has 0 aliphatic rings. The quantitative estimate of drug-likeness (QED) is 0.460. The largest absolute Gasteiger partial charge is 0.475 e. The monoisotopic (exact) mass is 394 g/mol. The van der Waals surface area contributed by atoms with Gasteiger partial charge in [-0.3, -0.25) is 0 Å². The Morgan fingerprint density at radius 2 is 1.93 bits per heavy atom. The fourth-order valence-electron chi connectivity index (χ4n) is 2.80. The van der Waals surface area contributed by atoms with Gasteiger partial charge in [0.25, 0.3) is 0 Å². The van der Waals surface area contributed by atoms with Crippen LogP contribution in [0.15, 0.2) is 59.3 Å². The number of hydrogen-bond acceptors (Lipinski definition) is 5. The summed E-state index contributed by atoms with van der Waals surface area (Å²) in [6.45, 7) is 4.18. The summed E-state index contributed by atoms with van der Waals surface area (Å²) in [5.41, 5.74) is 2.11. The second-order valence-corrected chi connectivity index (χ2v) is 7.33. The molecule has 3 aromatic heterocycles. The highest BCUT2D eigenvalue weighted by Gasteiger charge is 2.17. The highest BCUT2D eigenvalue weighted by atomic mass is 32.1. The maximum Gasteiger partial charge on any atom is 0.214 e. The molecule has 4 aromatic rings. The van der Waals surface area contributed by atoms with Gasteiger partial charge in [0, 0.05) is 22.6 Å². The van der Waals surface area contributed by atoms with Crippen molar-refractivity contribution in [3.8, 4) is 28.8 Å². The van der Waals surface area contributed by atoms with E-state index in [0.717, 1.165) is 5.56 Å². The molecule has 1 aromatic carbocycles. The first-order chi connectivity index (χ1) is 13.6. The van der Waals surface area contributed by atoms with Gasteiger partial charge in [-0.2, -0.15) is 11.3 Å². The molecular weight excluding hydrogens is 375 g/mol. The van der Waals surface area contributed by atoms with Crippen LogP contribution in [0.4, 0.5) is 4.39 Å². The summed E-state index contributed by atoms with van der Waals surface area (Å²) in [5.74, 6) is 1.42. The van der Waals surface area contributed by atoms with Gasteiger partial charge in [0.05, 0.1) is 12.6 Å². The maximum atomic E-state index is 14.2. The lowest BCUT2D eigenvalue weighted by Crippen LogP contribution is -2.07. The maximum absolute atomic E-state index is 14.2. The van der Waals surface area contributed by atoms with Crippen LogP contribution in [0, 0.1) is 5.82 Å². The molecule has 4 rings (SSSR count). The number of pyridine rings is 1. The van der Waals surface area contributed by atoms with E-state index in [1.807, 2.05) is 48.9 Å². The van der Waals surface area contributed by atoms with Gasteiger partial charge in [0.2, 0.25) is 5.88 Å². The van der Waals surface area contributed by atoms with E-state index in [1.165, 1.54) is 6.07 Å². The molecular formula is C21H19FN4OS. The van der Waals surface area contributed by atoms with Crippen LogP contribution in [0.3, 0.4) is 0 Å². The summed E-state index contributed by atoms with van der Waals surface area (Å²) in [6, 6.07) is 14.2. The molecule has 0 aliphatic heterocycles. The van der Waals surface area contributed by atoms with E-state index in [9.17, 15) is 4.39 Å². The van der Waals surface area contributed by atoms with Crippen LogP contribution in [0.5, 0.6) is 5.88 Å². The molecule has 0 saturated heterocycles. The van der Waals surface area contributed by atoms with E-state index in [2.05, 4.69) is 15.1 Å². The third kappa shape index (κ3) is 3.94. The Morgan fingerprint density at radius 3 is 2.68 bits per heavy atom. The SMILES string of the molecule is CC(C)Oc1cccc(-c2nc(-c3ccsc3)n(Cc3ccccc3F)n2)n1. The molecule has 142 valence electrons. The number of aromatic nitrogens is 4. The summed E-state index contributed by atoms with van der Waals surface area (Å²) >= 11 is 1.58. The molecule has 0 saturated carbocycles. The van der Waals surface area contributed by atoms with E-state index in [1.54, 1.807) is 34.2 Å². The molecule has 3 heterocycles. The Kier molecular flexibility index (Phi) is 5.16. The zero-order valence-electron chi connectivity index (χ0n) is 15.5. The van der Waals surface area contributed by atoms with Crippen LogP contribution in [-0.4, -0.2) is 25.9 Å². The minimum absolute atomic E-state index is 0.0238. The minimum Gasteiger partial charge on any atom is -0.475 e. The van der Waals surface area contributed by atoms with Crippen molar-refractivity contribution in [2.75, 3.05) is 0 Å². The van der Waals surface area contributed by atoms with Gasteiger partial charge in [-0.1, -0.05) is 24.3 Å². The van der Waals surface area contributed by atoms with Crippen molar-refractivity contribution in [3.05, 3.63) is 70.7 Å². The number of hydrogen-bond donors (Lipinski definition) is 0. The number of rotatable bonds is 6. The first-order valence-electron chi connectivity index (χ1n) is 8.95. The third-order valence-electron chi connectivity index (χ3n) is 4.04. The summed E-state index contributed by atoms with van der Waals surface area (Å²) < 4.78 is 21.6. The standard InChI is InChI=1S/C21H19FN4OS/c1-14(2)27-19-9-5-8-18(23-19)20-24-21(16-10-11-28-13-16)26(25-20)12-15-6-3-4-7-17(15)22/h3-11,13-14H,12H2,1-2H3. The number of nitrogens with zero attached hydrogens (tertiary/aromatic N) is 4. The molecule has 0 spiro atoms. The number of ether oxygens (including phenoxy) is 1.